The molecular weight excluding hydrogens is 518 g/mol. The number of carbonyl (C=O) groups is 2. The van der Waals surface area contributed by atoms with Crippen molar-refractivity contribution in [2.75, 3.05) is 44.7 Å². The third kappa shape index (κ3) is 6.35. The van der Waals surface area contributed by atoms with Crippen molar-refractivity contribution < 1.29 is 27.6 Å². The summed E-state index contributed by atoms with van der Waals surface area (Å²) in [6.07, 6.45) is 4.40. The van der Waals surface area contributed by atoms with Crippen LogP contribution >= 0.6 is 11.3 Å². The molecule has 0 radical (unpaired) electrons. The van der Waals surface area contributed by atoms with Crippen molar-refractivity contribution in [2.45, 2.75) is 42.1 Å². The lowest BCUT2D eigenvalue weighted by Gasteiger charge is -2.31. The fraction of sp³-hybridized carbons (Fsp3) is 0.500. The summed E-state index contributed by atoms with van der Waals surface area (Å²) in [5, 5.41) is 7.05. The third-order valence-corrected chi connectivity index (χ3v) is 9.70. The first-order chi connectivity index (χ1) is 17.9. The molecule has 2 aromatic rings. The summed E-state index contributed by atoms with van der Waals surface area (Å²) in [4.78, 5) is 39.3. The van der Waals surface area contributed by atoms with E-state index in [9.17, 15) is 18.0 Å². The Labute approximate surface area is 219 Å². The number of aromatic nitrogens is 1. The van der Waals surface area contributed by atoms with Gasteiger partial charge in [-0.3, -0.25) is 19.8 Å². The molecule has 0 unspecified atom stereocenters. The smallest absolute Gasteiger partial charge is 0.280 e. The first-order valence-electron chi connectivity index (χ1n) is 12.3. The van der Waals surface area contributed by atoms with Gasteiger partial charge in [0, 0.05) is 55.8 Å². The van der Waals surface area contributed by atoms with Gasteiger partial charge in [-0.25, -0.2) is 13.4 Å². The largest absolute Gasteiger partial charge is 0.389 e. The number of hydrogen-bond donors (Lipinski definition) is 1. The van der Waals surface area contributed by atoms with Crippen molar-refractivity contribution in [3.8, 4) is 0 Å². The zero-order valence-electron chi connectivity index (χ0n) is 20.2. The summed E-state index contributed by atoms with van der Waals surface area (Å²) in [5.41, 5.74) is 0.472. The fourth-order valence-electron chi connectivity index (χ4n) is 4.16. The summed E-state index contributed by atoms with van der Waals surface area (Å²) in [6.45, 7) is 4.60. The second-order valence-electron chi connectivity index (χ2n) is 9.30. The topological polar surface area (TPSA) is 130 Å². The lowest BCUT2D eigenvalue weighted by molar-refractivity contribution is -0.119. The second kappa shape index (κ2) is 11.3. The van der Waals surface area contributed by atoms with Gasteiger partial charge >= 0.3 is 0 Å². The molecule has 1 N–H and O–H groups in total. The zero-order valence-corrected chi connectivity index (χ0v) is 21.9. The maximum absolute atomic E-state index is 13.2. The molecule has 3 heterocycles. The van der Waals surface area contributed by atoms with E-state index in [4.69, 9.17) is 9.57 Å². The molecule has 198 valence electrons. The van der Waals surface area contributed by atoms with Crippen molar-refractivity contribution in [3.05, 3.63) is 40.9 Å². The van der Waals surface area contributed by atoms with Gasteiger partial charge in [-0.05, 0) is 25.0 Å². The fourth-order valence-corrected chi connectivity index (χ4v) is 6.67. The Morgan fingerprint density at radius 2 is 1.95 bits per heavy atom. The molecule has 1 aromatic heterocycles. The number of piperazine rings is 1. The van der Waals surface area contributed by atoms with Crippen LogP contribution in [0.25, 0.3) is 0 Å². The highest BCUT2D eigenvalue weighted by Gasteiger charge is 2.36. The first-order valence-corrected chi connectivity index (χ1v) is 14.6. The average Bonchev–Trinajstić information content (AvgIpc) is 3.49. The van der Waals surface area contributed by atoms with E-state index < -0.39 is 15.7 Å². The number of hydrogen-bond acceptors (Lipinski definition) is 10. The Hall–Kier alpha value is -2.87. The number of ether oxygens (including phenoxy) is 1. The first kappa shape index (κ1) is 25.8. The van der Waals surface area contributed by atoms with Crippen LogP contribution in [0.5, 0.6) is 0 Å². The van der Waals surface area contributed by atoms with Gasteiger partial charge in [-0.15, -0.1) is 11.3 Å². The standard InChI is InChI=1S/C24H29N5O6S2/c30-16-29-10-8-28(9-11-29)14-19-13-25-24(36-19)26-23(31)22(27-35-18-7-12-34-15-18)17-1-3-20(4-2-17)37(32,33)21-5-6-21/h1-4,13,16,18,21H,5-12,14-15H2,(H,25,26,31)/b27-22+/t18-/m1/s1. The van der Waals surface area contributed by atoms with E-state index >= 15 is 0 Å². The Balaban J connectivity index is 1.28. The van der Waals surface area contributed by atoms with Gasteiger partial charge in [-0.1, -0.05) is 17.3 Å². The normalized spacial score (nSPS) is 21.1. The van der Waals surface area contributed by atoms with Crippen molar-refractivity contribution in [1.29, 1.82) is 0 Å². The van der Waals surface area contributed by atoms with E-state index in [1.807, 2.05) is 0 Å². The van der Waals surface area contributed by atoms with Crippen LogP contribution in [-0.4, -0.2) is 92.0 Å². The van der Waals surface area contributed by atoms with Crippen LogP contribution in [0.1, 0.15) is 29.7 Å². The molecular formula is C24H29N5O6S2. The molecule has 0 bridgehead atoms. The quantitative estimate of drug-likeness (QED) is 0.269. The predicted octanol–water partition coefficient (Wildman–Crippen LogP) is 1.50. The second-order valence-corrected chi connectivity index (χ2v) is 12.6. The van der Waals surface area contributed by atoms with Gasteiger partial charge in [-0.2, -0.15) is 0 Å². The van der Waals surface area contributed by atoms with E-state index in [2.05, 4.69) is 20.4 Å². The summed E-state index contributed by atoms with van der Waals surface area (Å²) < 4.78 is 30.4. The van der Waals surface area contributed by atoms with Gasteiger partial charge in [0.25, 0.3) is 5.91 Å². The van der Waals surface area contributed by atoms with Crippen LogP contribution in [0.15, 0.2) is 40.5 Å². The van der Waals surface area contributed by atoms with Crippen molar-refractivity contribution >= 4 is 44.3 Å². The van der Waals surface area contributed by atoms with Crippen LogP contribution in [0.4, 0.5) is 5.13 Å². The van der Waals surface area contributed by atoms with Gasteiger partial charge in [0.15, 0.2) is 26.8 Å². The van der Waals surface area contributed by atoms with E-state index in [0.29, 0.717) is 62.8 Å². The molecule has 3 aliphatic rings. The molecule has 1 aromatic carbocycles. The van der Waals surface area contributed by atoms with Crippen LogP contribution < -0.4 is 5.32 Å². The summed E-state index contributed by atoms with van der Waals surface area (Å²) in [6, 6.07) is 6.18. The minimum absolute atomic E-state index is 0.0315. The van der Waals surface area contributed by atoms with Crippen LogP contribution in [0.2, 0.25) is 0 Å². The number of benzene rings is 1. The highest BCUT2D eigenvalue weighted by atomic mass is 32.2. The van der Waals surface area contributed by atoms with Gasteiger partial charge < -0.3 is 14.5 Å². The lowest BCUT2D eigenvalue weighted by atomic mass is 10.1. The molecule has 5 rings (SSSR count). The summed E-state index contributed by atoms with van der Waals surface area (Å²) >= 11 is 1.37. The maximum Gasteiger partial charge on any atom is 0.280 e. The van der Waals surface area contributed by atoms with E-state index in [1.54, 1.807) is 23.2 Å². The molecule has 0 spiro atoms. The number of nitrogens with one attached hydrogen (secondary N) is 1. The molecule has 1 atom stereocenters. The highest BCUT2D eigenvalue weighted by molar-refractivity contribution is 7.92. The monoisotopic (exact) mass is 547 g/mol. The Bertz CT molecular complexity index is 1240. The van der Waals surface area contributed by atoms with Crippen molar-refractivity contribution in [2.24, 2.45) is 5.16 Å². The van der Waals surface area contributed by atoms with Crippen molar-refractivity contribution in [3.63, 3.8) is 0 Å². The Morgan fingerprint density at radius 3 is 2.59 bits per heavy atom. The van der Waals surface area contributed by atoms with Gasteiger partial charge in [0.1, 0.15) is 0 Å². The summed E-state index contributed by atoms with van der Waals surface area (Å²) in [7, 11) is -3.34. The molecule has 37 heavy (non-hydrogen) atoms. The highest BCUT2D eigenvalue weighted by Crippen LogP contribution is 2.33. The van der Waals surface area contributed by atoms with E-state index in [-0.39, 0.29) is 22.0 Å². The van der Waals surface area contributed by atoms with Crippen molar-refractivity contribution in [1.82, 2.24) is 14.8 Å². The molecule has 1 saturated carbocycles. The molecule has 11 nitrogen and oxygen atoms in total. The maximum atomic E-state index is 13.2. The Kier molecular flexibility index (Phi) is 7.84. The number of amides is 2. The summed E-state index contributed by atoms with van der Waals surface area (Å²) in [5.74, 6) is -0.503. The zero-order chi connectivity index (χ0) is 25.8. The minimum atomic E-state index is -3.34. The number of thiazole rings is 1. The van der Waals surface area contributed by atoms with Crippen LogP contribution in [0, 0.1) is 0 Å². The molecule has 2 amide bonds. The van der Waals surface area contributed by atoms with Crippen LogP contribution in [-0.2, 0) is 35.5 Å². The van der Waals surface area contributed by atoms with Gasteiger partial charge in [0.2, 0.25) is 6.41 Å². The van der Waals surface area contributed by atoms with Crippen LogP contribution in [0.3, 0.4) is 0 Å². The number of carbonyl (C=O) groups excluding carboxylic acids is 2. The van der Waals surface area contributed by atoms with E-state index in [0.717, 1.165) is 24.4 Å². The van der Waals surface area contributed by atoms with E-state index in [1.165, 1.54) is 23.5 Å². The minimum Gasteiger partial charge on any atom is -0.389 e. The predicted molar refractivity (Wildman–Crippen MR) is 137 cm³/mol. The molecule has 3 fully saturated rings. The SMILES string of the molecule is O=CN1CCN(Cc2cnc(NC(=O)/C(=N/O[C@@H]3CCOC3)c3ccc(S(=O)(=O)C4CC4)cc3)s2)CC1. The van der Waals surface area contributed by atoms with Gasteiger partial charge in [0.05, 0.1) is 23.4 Å². The number of sulfone groups is 1. The number of oxime groups is 1. The third-order valence-electron chi connectivity index (χ3n) is 6.52. The Morgan fingerprint density at radius 1 is 1.19 bits per heavy atom. The number of anilines is 1. The number of rotatable bonds is 10. The molecule has 1 aliphatic carbocycles. The molecule has 2 saturated heterocycles. The molecule has 13 heteroatoms. The lowest BCUT2D eigenvalue weighted by Crippen LogP contribution is -2.44. The number of nitrogens with zero attached hydrogens (tertiary/aromatic N) is 4. The molecule has 2 aliphatic heterocycles. The average molecular weight is 548 g/mol.